The van der Waals surface area contributed by atoms with Gasteiger partial charge in [-0.25, -0.2) is 4.98 Å². The van der Waals surface area contributed by atoms with Gasteiger partial charge in [-0.05, 0) is 44.2 Å². The lowest BCUT2D eigenvalue weighted by Gasteiger charge is -2.09. The van der Waals surface area contributed by atoms with Crippen molar-refractivity contribution in [3.8, 4) is 0 Å². The minimum absolute atomic E-state index is 0.0869. The van der Waals surface area contributed by atoms with Crippen LogP contribution >= 0.6 is 11.3 Å². The standard InChI is InChI=1S/C20H17N3O2S/c1-12-15(13-6-2-4-8-16(13)25-12)10-22-23-11-21-19-18(20(23)24)14-7-3-5-9-17(14)26-19/h2,4,6,8,10-11H,3,5,7,9H2,1H3/b22-10+. The van der Waals surface area contributed by atoms with Crippen LogP contribution in [0, 0.1) is 6.92 Å². The van der Waals surface area contributed by atoms with Crippen molar-refractivity contribution in [2.24, 2.45) is 5.10 Å². The Morgan fingerprint density at radius 1 is 1.27 bits per heavy atom. The molecular weight excluding hydrogens is 346 g/mol. The molecule has 6 heteroatoms. The monoisotopic (exact) mass is 363 g/mol. The largest absolute Gasteiger partial charge is 0.461 e. The molecule has 0 aliphatic heterocycles. The number of thiophene rings is 1. The second kappa shape index (κ2) is 5.92. The van der Waals surface area contributed by atoms with Crippen LogP contribution in [-0.4, -0.2) is 15.9 Å². The zero-order valence-corrected chi connectivity index (χ0v) is 15.2. The van der Waals surface area contributed by atoms with Crippen LogP contribution in [-0.2, 0) is 12.8 Å². The molecular formula is C20H17N3O2S. The fourth-order valence-corrected chi connectivity index (χ4v) is 4.91. The molecule has 0 fully saturated rings. The Labute approximate surface area is 153 Å². The number of furan rings is 1. The molecule has 0 unspecified atom stereocenters. The lowest BCUT2D eigenvalue weighted by Crippen LogP contribution is -2.18. The molecule has 1 aliphatic rings. The molecule has 0 bridgehead atoms. The highest BCUT2D eigenvalue weighted by Crippen LogP contribution is 2.33. The molecule has 1 aromatic carbocycles. The molecule has 0 atom stereocenters. The van der Waals surface area contributed by atoms with E-state index in [0.717, 1.165) is 51.8 Å². The van der Waals surface area contributed by atoms with Gasteiger partial charge in [0.1, 0.15) is 22.5 Å². The van der Waals surface area contributed by atoms with Gasteiger partial charge in [-0.1, -0.05) is 18.2 Å². The van der Waals surface area contributed by atoms with Crippen LogP contribution in [0.25, 0.3) is 21.2 Å². The Kier molecular flexibility index (Phi) is 3.53. The SMILES string of the molecule is Cc1oc2ccccc2c1/C=N/n1cnc2sc3c(c2c1=O)CCCC3. The van der Waals surface area contributed by atoms with Gasteiger partial charge in [-0.3, -0.25) is 4.79 Å². The van der Waals surface area contributed by atoms with Crippen molar-refractivity contribution in [2.45, 2.75) is 32.6 Å². The first-order valence-electron chi connectivity index (χ1n) is 8.77. The van der Waals surface area contributed by atoms with Crippen LogP contribution in [0.2, 0.25) is 0 Å². The van der Waals surface area contributed by atoms with E-state index < -0.39 is 0 Å². The topological polar surface area (TPSA) is 60.4 Å². The Balaban J connectivity index is 1.63. The number of aryl methyl sites for hydroxylation is 3. The molecule has 0 saturated heterocycles. The average molecular weight is 363 g/mol. The summed E-state index contributed by atoms with van der Waals surface area (Å²) in [5, 5.41) is 6.14. The van der Waals surface area contributed by atoms with E-state index in [2.05, 4.69) is 10.1 Å². The predicted molar refractivity (Wildman–Crippen MR) is 104 cm³/mol. The van der Waals surface area contributed by atoms with Crippen molar-refractivity contribution >= 4 is 38.7 Å². The normalized spacial score (nSPS) is 14.5. The zero-order chi connectivity index (χ0) is 17.7. The summed E-state index contributed by atoms with van der Waals surface area (Å²) in [6.07, 6.45) is 7.55. The Morgan fingerprint density at radius 2 is 2.12 bits per heavy atom. The number of hydrogen-bond acceptors (Lipinski definition) is 5. The third-order valence-corrected chi connectivity index (χ3v) is 6.19. The van der Waals surface area contributed by atoms with E-state index in [1.807, 2.05) is 31.2 Å². The second-order valence-corrected chi connectivity index (χ2v) is 7.68. The maximum absolute atomic E-state index is 13.0. The highest BCUT2D eigenvalue weighted by Gasteiger charge is 2.20. The summed E-state index contributed by atoms with van der Waals surface area (Å²) in [4.78, 5) is 19.6. The number of hydrogen-bond donors (Lipinski definition) is 0. The average Bonchev–Trinajstić information content (AvgIpc) is 3.18. The minimum Gasteiger partial charge on any atom is -0.461 e. The number of fused-ring (bicyclic) bond motifs is 4. The third kappa shape index (κ3) is 2.33. The molecule has 26 heavy (non-hydrogen) atoms. The van der Waals surface area contributed by atoms with Gasteiger partial charge >= 0.3 is 0 Å². The smallest absolute Gasteiger partial charge is 0.282 e. The van der Waals surface area contributed by atoms with E-state index >= 15 is 0 Å². The summed E-state index contributed by atoms with van der Waals surface area (Å²) in [6, 6.07) is 7.82. The summed E-state index contributed by atoms with van der Waals surface area (Å²) < 4.78 is 7.10. The summed E-state index contributed by atoms with van der Waals surface area (Å²) in [6.45, 7) is 1.90. The molecule has 5 rings (SSSR count). The van der Waals surface area contributed by atoms with E-state index in [-0.39, 0.29) is 5.56 Å². The van der Waals surface area contributed by atoms with Crippen LogP contribution < -0.4 is 5.56 Å². The molecule has 1 aliphatic carbocycles. The van der Waals surface area contributed by atoms with Crippen LogP contribution in [0.5, 0.6) is 0 Å². The molecule has 0 spiro atoms. The van der Waals surface area contributed by atoms with Gasteiger partial charge in [-0.2, -0.15) is 9.78 Å². The molecule has 3 aromatic heterocycles. The number of benzene rings is 1. The molecule has 130 valence electrons. The minimum atomic E-state index is -0.0869. The van der Waals surface area contributed by atoms with Crippen LogP contribution in [0.1, 0.15) is 34.6 Å². The van der Waals surface area contributed by atoms with Crippen LogP contribution in [0.15, 0.2) is 44.9 Å². The first kappa shape index (κ1) is 15.5. The fourth-order valence-electron chi connectivity index (χ4n) is 3.69. The highest BCUT2D eigenvalue weighted by molar-refractivity contribution is 7.18. The van der Waals surface area contributed by atoms with Gasteiger partial charge in [0.2, 0.25) is 0 Å². The van der Waals surface area contributed by atoms with E-state index in [1.165, 1.54) is 27.9 Å². The van der Waals surface area contributed by atoms with E-state index in [0.29, 0.717) is 0 Å². The van der Waals surface area contributed by atoms with E-state index in [1.54, 1.807) is 17.6 Å². The fraction of sp³-hybridized carbons (Fsp3) is 0.250. The first-order valence-corrected chi connectivity index (χ1v) is 9.58. The lowest BCUT2D eigenvalue weighted by molar-refractivity contribution is 0.578. The van der Waals surface area contributed by atoms with Crippen molar-refractivity contribution in [1.82, 2.24) is 9.66 Å². The molecule has 0 saturated carbocycles. The molecule has 3 heterocycles. The van der Waals surface area contributed by atoms with E-state index in [4.69, 9.17) is 4.42 Å². The molecule has 0 N–H and O–H groups in total. The van der Waals surface area contributed by atoms with Crippen molar-refractivity contribution in [1.29, 1.82) is 0 Å². The highest BCUT2D eigenvalue weighted by atomic mass is 32.1. The molecule has 4 aromatic rings. The summed E-state index contributed by atoms with van der Waals surface area (Å²) in [5.41, 5.74) is 2.80. The number of para-hydroxylation sites is 1. The van der Waals surface area contributed by atoms with E-state index in [9.17, 15) is 4.79 Å². The maximum Gasteiger partial charge on any atom is 0.282 e. The Morgan fingerprint density at radius 3 is 3.04 bits per heavy atom. The van der Waals surface area contributed by atoms with Gasteiger partial charge in [0.15, 0.2) is 0 Å². The van der Waals surface area contributed by atoms with Crippen molar-refractivity contribution in [3.63, 3.8) is 0 Å². The van der Waals surface area contributed by atoms with Crippen LogP contribution in [0.4, 0.5) is 0 Å². The molecule has 5 nitrogen and oxygen atoms in total. The lowest BCUT2D eigenvalue weighted by atomic mass is 9.97. The first-order chi connectivity index (χ1) is 12.7. The van der Waals surface area contributed by atoms with Crippen molar-refractivity contribution < 1.29 is 4.42 Å². The molecule has 0 radical (unpaired) electrons. The molecule has 0 amide bonds. The quantitative estimate of drug-likeness (QED) is 0.500. The number of nitrogens with zero attached hydrogens (tertiary/aromatic N) is 3. The van der Waals surface area contributed by atoms with Crippen molar-refractivity contribution in [3.05, 3.63) is 62.7 Å². The maximum atomic E-state index is 13.0. The van der Waals surface area contributed by atoms with Gasteiger partial charge in [0.05, 0.1) is 11.6 Å². The van der Waals surface area contributed by atoms with Gasteiger partial charge < -0.3 is 4.42 Å². The van der Waals surface area contributed by atoms with Gasteiger partial charge in [0.25, 0.3) is 5.56 Å². The number of rotatable bonds is 2. The zero-order valence-electron chi connectivity index (χ0n) is 14.4. The van der Waals surface area contributed by atoms with Gasteiger partial charge in [0, 0.05) is 15.8 Å². The van der Waals surface area contributed by atoms with Crippen LogP contribution in [0.3, 0.4) is 0 Å². The predicted octanol–water partition coefficient (Wildman–Crippen LogP) is 4.27. The second-order valence-electron chi connectivity index (χ2n) is 6.60. The summed E-state index contributed by atoms with van der Waals surface area (Å²) in [5.74, 6) is 0.782. The third-order valence-electron chi connectivity index (χ3n) is 4.99. The van der Waals surface area contributed by atoms with Crippen molar-refractivity contribution in [2.75, 3.05) is 0 Å². The Bertz CT molecular complexity index is 1230. The number of aromatic nitrogens is 2. The summed E-state index contributed by atoms with van der Waals surface area (Å²) >= 11 is 1.65. The van der Waals surface area contributed by atoms with Gasteiger partial charge in [-0.15, -0.1) is 11.3 Å². The Hall–Kier alpha value is -2.73. The summed E-state index contributed by atoms with van der Waals surface area (Å²) in [7, 11) is 0.